The number of carbonyl (C=O) groups excluding carboxylic acids is 2. The van der Waals surface area contributed by atoms with Gasteiger partial charge in [-0.2, -0.15) is 0 Å². The Hall–Kier alpha value is -3.56. The third kappa shape index (κ3) is 5.82. The fourth-order valence-electron chi connectivity index (χ4n) is 1.89. The number of benzene rings is 1. The van der Waals surface area contributed by atoms with Gasteiger partial charge in [-0.3, -0.25) is 19.7 Å². The first kappa shape index (κ1) is 18.8. The number of hydrogen-bond donors (Lipinski definition) is 2. The van der Waals surface area contributed by atoms with Crippen molar-refractivity contribution in [2.45, 2.75) is 19.4 Å². The molecule has 1 amide bonds. The van der Waals surface area contributed by atoms with E-state index in [2.05, 4.69) is 20.6 Å². The van der Waals surface area contributed by atoms with Crippen LogP contribution in [0.25, 0.3) is 0 Å². The lowest BCUT2D eigenvalue weighted by atomic mass is 10.2. The molecule has 0 bridgehead atoms. The Morgan fingerprint density at radius 2 is 1.88 bits per heavy atom. The number of amides is 1. The molecule has 2 aromatic rings. The molecule has 10 nitrogen and oxygen atoms in total. The van der Waals surface area contributed by atoms with Gasteiger partial charge in [0, 0.05) is 36.8 Å². The minimum absolute atomic E-state index is 0.0351. The van der Waals surface area contributed by atoms with Crippen LogP contribution in [0.1, 0.15) is 13.3 Å². The lowest BCUT2D eigenvalue weighted by Crippen LogP contribution is -2.30. The van der Waals surface area contributed by atoms with E-state index >= 15 is 0 Å². The Bertz CT molecular complexity index is 766. The molecule has 136 valence electrons. The molecule has 1 unspecified atom stereocenters. The predicted octanol–water partition coefficient (Wildman–Crippen LogP) is 1.76. The van der Waals surface area contributed by atoms with Crippen molar-refractivity contribution in [2.24, 2.45) is 0 Å². The van der Waals surface area contributed by atoms with Gasteiger partial charge in [0.25, 0.3) is 11.6 Å². The monoisotopic (exact) mass is 359 g/mol. The van der Waals surface area contributed by atoms with E-state index in [1.807, 2.05) is 0 Å². The van der Waals surface area contributed by atoms with E-state index in [9.17, 15) is 19.7 Å². The molecule has 1 aromatic carbocycles. The Balaban J connectivity index is 1.75. The lowest BCUT2D eigenvalue weighted by molar-refractivity contribution is -0.384. The van der Waals surface area contributed by atoms with Gasteiger partial charge in [-0.25, -0.2) is 9.97 Å². The van der Waals surface area contributed by atoms with Crippen molar-refractivity contribution >= 4 is 29.2 Å². The first-order valence-electron chi connectivity index (χ1n) is 7.71. The molecule has 0 aliphatic carbocycles. The maximum atomic E-state index is 12.0. The molecule has 0 aliphatic rings. The van der Waals surface area contributed by atoms with Crippen molar-refractivity contribution in [3.8, 4) is 0 Å². The molecule has 1 heterocycles. The quantitative estimate of drug-likeness (QED) is 0.413. The number of carbonyl (C=O) groups is 2. The Labute approximate surface area is 148 Å². The minimum atomic E-state index is -1.01. The van der Waals surface area contributed by atoms with Crippen LogP contribution in [0, 0.1) is 10.1 Å². The number of aromatic nitrogens is 2. The summed E-state index contributed by atoms with van der Waals surface area (Å²) in [6, 6.07) is 7.00. The Morgan fingerprint density at radius 3 is 2.50 bits per heavy atom. The van der Waals surface area contributed by atoms with Crippen LogP contribution in [0.15, 0.2) is 42.7 Å². The molecule has 0 radical (unpaired) electrons. The van der Waals surface area contributed by atoms with Crippen LogP contribution in [-0.2, 0) is 14.3 Å². The van der Waals surface area contributed by atoms with Gasteiger partial charge in [-0.05, 0) is 25.1 Å². The number of nitro groups is 1. The van der Waals surface area contributed by atoms with Gasteiger partial charge in [0.2, 0.25) is 5.95 Å². The molecule has 0 spiro atoms. The summed E-state index contributed by atoms with van der Waals surface area (Å²) in [7, 11) is 0. The van der Waals surface area contributed by atoms with E-state index in [1.165, 1.54) is 31.2 Å². The Morgan fingerprint density at radius 1 is 1.23 bits per heavy atom. The number of hydrogen-bond acceptors (Lipinski definition) is 8. The van der Waals surface area contributed by atoms with Crippen LogP contribution < -0.4 is 10.6 Å². The molecule has 0 aliphatic heterocycles. The van der Waals surface area contributed by atoms with E-state index in [1.54, 1.807) is 18.5 Å². The molecule has 0 fully saturated rings. The zero-order chi connectivity index (χ0) is 18.9. The number of non-ortho nitro benzene ring substituents is 1. The summed E-state index contributed by atoms with van der Waals surface area (Å²) in [5, 5.41) is 16.0. The summed E-state index contributed by atoms with van der Waals surface area (Å²) in [6.45, 7) is 1.70. The van der Waals surface area contributed by atoms with Crippen molar-refractivity contribution in [1.82, 2.24) is 9.97 Å². The topological polar surface area (TPSA) is 136 Å². The van der Waals surface area contributed by atoms with E-state index < -0.39 is 22.9 Å². The Kier molecular flexibility index (Phi) is 6.54. The van der Waals surface area contributed by atoms with E-state index in [0.717, 1.165) is 0 Å². The third-order valence-corrected chi connectivity index (χ3v) is 3.20. The third-order valence-electron chi connectivity index (χ3n) is 3.20. The summed E-state index contributed by atoms with van der Waals surface area (Å²) in [5.74, 6) is -0.699. The van der Waals surface area contributed by atoms with Crippen LogP contribution in [0.5, 0.6) is 0 Å². The first-order chi connectivity index (χ1) is 12.5. The number of ether oxygens (including phenoxy) is 1. The molecular weight excluding hydrogens is 342 g/mol. The van der Waals surface area contributed by atoms with Crippen LogP contribution in [0.4, 0.5) is 17.3 Å². The normalized spacial score (nSPS) is 11.3. The second-order valence-electron chi connectivity index (χ2n) is 5.17. The van der Waals surface area contributed by atoms with Gasteiger partial charge < -0.3 is 15.4 Å². The second kappa shape index (κ2) is 9.06. The van der Waals surface area contributed by atoms with E-state index in [-0.39, 0.29) is 18.7 Å². The van der Waals surface area contributed by atoms with E-state index in [0.29, 0.717) is 11.6 Å². The molecular formula is C16H17N5O5. The zero-order valence-corrected chi connectivity index (χ0v) is 13.9. The number of esters is 1. The smallest absolute Gasteiger partial charge is 0.308 e. The highest BCUT2D eigenvalue weighted by Gasteiger charge is 2.18. The van der Waals surface area contributed by atoms with Crippen LogP contribution >= 0.6 is 0 Å². The first-order valence-corrected chi connectivity index (χ1v) is 7.71. The summed E-state index contributed by atoms with van der Waals surface area (Å²) in [4.78, 5) is 41.7. The fourth-order valence-corrected chi connectivity index (χ4v) is 1.89. The molecule has 2 rings (SSSR count). The maximum Gasteiger partial charge on any atom is 0.308 e. The second-order valence-corrected chi connectivity index (χ2v) is 5.17. The average molecular weight is 359 g/mol. The highest BCUT2D eigenvalue weighted by atomic mass is 16.6. The highest BCUT2D eigenvalue weighted by Crippen LogP contribution is 2.15. The van der Waals surface area contributed by atoms with Gasteiger partial charge in [-0.1, -0.05) is 0 Å². The van der Waals surface area contributed by atoms with Crippen molar-refractivity contribution in [3.63, 3.8) is 0 Å². The van der Waals surface area contributed by atoms with Gasteiger partial charge in [0.15, 0.2) is 6.10 Å². The van der Waals surface area contributed by atoms with Crippen molar-refractivity contribution in [3.05, 3.63) is 52.8 Å². The van der Waals surface area contributed by atoms with Crippen molar-refractivity contribution in [1.29, 1.82) is 0 Å². The van der Waals surface area contributed by atoms with Gasteiger partial charge in [-0.15, -0.1) is 0 Å². The molecule has 26 heavy (non-hydrogen) atoms. The van der Waals surface area contributed by atoms with Gasteiger partial charge in [0.1, 0.15) is 0 Å². The highest BCUT2D eigenvalue weighted by molar-refractivity contribution is 5.95. The van der Waals surface area contributed by atoms with Gasteiger partial charge in [0.05, 0.1) is 11.3 Å². The van der Waals surface area contributed by atoms with Crippen molar-refractivity contribution < 1.29 is 19.2 Å². The van der Waals surface area contributed by atoms with Crippen LogP contribution in [0.3, 0.4) is 0 Å². The van der Waals surface area contributed by atoms with Crippen LogP contribution in [0.2, 0.25) is 0 Å². The van der Waals surface area contributed by atoms with Crippen molar-refractivity contribution in [2.75, 3.05) is 17.2 Å². The lowest BCUT2D eigenvalue weighted by Gasteiger charge is -2.13. The SMILES string of the molecule is CC(OC(=O)CCNc1ncccn1)C(=O)Nc1ccc([N+](=O)[O-])cc1. The largest absolute Gasteiger partial charge is 0.452 e. The molecule has 0 saturated heterocycles. The number of anilines is 2. The molecule has 10 heteroatoms. The molecule has 1 aromatic heterocycles. The minimum Gasteiger partial charge on any atom is -0.452 e. The fraction of sp³-hybridized carbons (Fsp3) is 0.250. The standard InChI is InChI=1S/C16H17N5O5/c1-11(15(23)20-12-3-5-13(6-4-12)21(24)25)26-14(22)7-10-19-16-17-8-2-9-18-16/h2-6,8-9,11H,7,10H2,1H3,(H,20,23)(H,17,18,19). The number of rotatable bonds is 8. The average Bonchev–Trinajstić information content (AvgIpc) is 2.63. The van der Waals surface area contributed by atoms with Crippen LogP contribution in [-0.4, -0.2) is 39.4 Å². The number of nitro benzene ring substituents is 1. The summed E-state index contributed by atoms with van der Waals surface area (Å²) >= 11 is 0. The summed E-state index contributed by atoms with van der Waals surface area (Å²) < 4.78 is 5.04. The molecule has 1 atom stereocenters. The molecule has 2 N–H and O–H groups in total. The summed E-state index contributed by atoms with van der Waals surface area (Å²) in [5.41, 5.74) is 0.281. The summed E-state index contributed by atoms with van der Waals surface area (Å²) in [6.07, 6.45) is 2.16. The molecule has 0 saturated carbocycles. The maximum absolute atomic E-state index is 12.0. The number of nitrogens with zero attached hydrogens (tertiary/aromatic N) is 3. The zero-order valence-electron chi connectivity index (χ0n) is 13.9. The van der Waals surface area contributed by atoms with E-state index in [4.69, 9.17) is 4.74 Å². The number of nitrogens with one attached hydrogen (secondary N) is 2. The predicted molar refractivity (Wildman–Crippen MR) is 92.4 cm³/mol. The van der Waals surface area contributed by atoms with Gasteiger partial charge >= 0.3 is 5.97 Å².